The van der Waals surface area contributed by atoms with E-state index in [9.17, 15) is 8.42 Å². The van der Waals surface area contributed by atoms with Crippen molar-refractivity contribution >= 4 is 10.0 Å². The predicted molar refractivity (Wildman–Crippen MR) is 118 cm³/mol. The van der Waals surface area contributed by atoms with Gasteiger partial charge in [0.25, 0.3) is 0 Å². The zero-order valence-corrected chi connectivity index (χ0v) is 18.4. The van der Waals surface area contributed by atoms with Gasteiger partial charge in [-0.15, -0.1) is 6.42 Å². The molecule has 0 atom stereocenters. The molecule has 30 heavy (non-hydrogen) atoms. The number of terminal acetylenes is 1. The van der Waals surface area contributed by atoms with Crippen LogP contribution in [0.25, 0.3) is 11.3 Å². The van der Waals surface area contributed by atoms with Gasteiger partial charge in [0.05, 0.1) is 25.1 Å². The van der Waals surface area contributed by atoms with E-state index in [2.05, 4.69) is 5.92 Å². The smallest absolute Gasteiger partial charge is 0.244 e. The third kappa shape index (κ3) is 4.43. The van der Waals surface area contributed by atoms with Crippen LogP contribution in [0.3, 0.4) is 0 Å². The van der Waals surface area contributed by atoms with E-state index in [0.29, 0.717) is 11.5 Å². The Bertz CT molecular complexity index is 1160. The minimum atomic E-state index is -3.74. The van der Waals surface area contributed by atoms with Crippen molar-refractivity contribution < 1.29 is 17.6 Å². The van der Waals surface area contributed by atoms with Gasteiger partial charge in [-0.1, -0.05) is 23.6 Å². The molecule has 0 saturated heterocycles. The highest BCUT2D eigenvalue weighted by molar-refractivity contribution is 7.89. The quantitative estimate of drug-likeness (QED) is 0.517. The molecule has 5 nitrogen and oxygen atoms in total. The van der Waals surface area contributed by atoms with Gasteiger partial charge in [-0.25, -0.2) is 8.42 Å². The molecule has 0 aliphatic carbocycles. The highest BCUT2D eigenvalue weighted by Gasteiger charge is 2.25. The average molecular weight is 424 g/mol. The first-order valence-corrected chi connectivity index (χ1v) is 10.9. The third-order valence-corrected chi connectivity index (χ3v) is 6.71. The predicted octanol–water partition coefficient (Wildman–Crippen LogP) is 4.70. The number of hydrogen-bond donors (Lipinski definition) is 0. The van der Waals surface area contributed by atoms with Gasteiger partial charge in [-0.05, 0) is 68.3 Å². The Hall–Kier alpha value is -3.01. The van der Waals surface area contributed by atoms with Crippen molar-refractivity contribution in [1.82, 2.24) is 4.31 Å². The lowest BCUT2D eigenvalue weighted by atomic mass is 10.0. The maximum absolute atomic E-state index is 13.1. The van der Waals surface area contributed by atoms with Crippen molar-refractivity contribution in [2.45, 2.75) is 32.2 Å². The van der Waals surface area contributed by atoms with E-state index in [0.717, 1.165) is 28.0 Å². The number of methoxy groups -OCH3 is 1. The molecule has 0 unspecified atom stereocenters. The highest BCUT2D eigenvalue weighted by atomic mass is 32.2. The maximum Gasteiger partial charge on any atom is 0.244 e. The lowest BCUT2D eigenvalue weighted by Crippen LogP contribution is -2.30. The molecule has 1 aromatic heterocycles. The van der Waals surface area contributed by atoms with E-state index in [1.165, 1.54) is 4.31 Å². The van der Waals surface area contributed by atoms with E-state index in [-0.39, 0.29) is 18.0 Å². The minimum Gasteiger partial charge on any atom is -0.497 e. The number of sulfonamides is 1. The molecule has 0 saturated carbocycles. The fraction of sp³-hybridized carbons (Fsp3) is 0.250. The third-order valence-electron chi connectivity index (χ3n) is 4.91. The summed E-state index contributed by atoms with van der Waals surface area (Å²) in [6.45, 7) is 5.88. The van der Waals surface area contributed by atoms with Gasteiger partial charge < -0.3 is 9.15 Å². The molecule has 3 rings (SSSR count). The summed E-state index contributed by atoms with van der Waals surface area (Å²) < 4.78 is 38.7. The van der Waals surface area contributed by atoms with Crippen LogP contribution in [0.5, 0.6) is 5.75 Å². The normalized spacial score (nSPS) is 11.5. The molecule has 0 aliphatic heterocycles. The Morgan fingerprint density at radius 3 is 2.23 bits per heavy atom. The lowest BCUT2D eigenvalue weighted by Gasteiger charge is -2.19. The van der Waals surface area contributed by atoms with Crippen LogP contribution in [0.15, 0.2) is 57.8 Å². The van der Waals surface area contributed by atoms with Crippen molar-refractivity contribution in [2.24, 2.45) is 0 Å². The standard InChI is InChI=1S/C24H25NO4S/c1-6-13-25(30(26,27)22-10-7-17(2)8-11-22)16-20-9-12-23(29-20)24-18(3)14-21(28-5)15-19(24)4/h1,7-12,14-15H,13,16H2,2-5H3. The molecular formula is C24H25NO4S. The topological polar surface area (TPSA) is 59.8 Å². The van der Waals surface area contributed by atoms with Crippen molar-refractivity contribution in [2.75, 3.05) is 13.7 Å². The Kier molecular flexibility index (Phi) is 6.35. The average Bonchev–Trinajstić information content (AvgIpc) is 3.15. The maximum atomic E-state index is 13.1. The van der Waals surface area contributed by atoms with E-state index in [1.54, 1.807) is 37.4 Å². The zero-order chi connectivity index (χ0) is 21.9. The Labute approximate surface area is 178 Å². The second-order valence-electron chi connectivity index (χ2n) is 7.19. The van der Waals surface area contributed by atoms with Gasteiger partial charge in [0.1, 0.15) is 17.3 Å². The first-order valence-electron chi connectivity index (χ1n) is 9.51. The molecule has 6 heteroatoms. The molecule has 0 amide bonds. The molecule has 1 heterocycles. The molecule has 0 bridgehead atoms. The minimum absolute atomic E-state index is 0.0488. The van der Waals surface area contributed by atoms with Gasteiger partial charge in [0.15, 0.2) is 0 Å². The van der Waals surface area contributed by atoms with Crippen LogP contribution in [-0.2, 0) is 16.6 Å². The molecule has 2 aromatic carbocycles. The summed E-state index contributed by atoms with van der Waals surface area (Å²) in [6.07, 6.45) is 5.45. The van der Waals surface area contributed by atoms with E-state index in [1.807, 2.05) is 39.0 Å². The Morgan fingerprint density at radius 1 is 1.03 bits per heavy atom. The van der Waals surface area contributed by atoms with Crippen molar-refractivity contribution in [1.29, 1.82) is 0 Å². The van der Waals surface area contributed by atoms with Crippen molar-refractivity contribution in [3.8, 4) is 29.4 Å². The second-order valence-corrected chi connectivity index (χ2v) is 9.13. The fourth-order valence-electron chi connectivity index (χ4n) is 3.39. The van der Waals surface area contributed by atoms with Crippen LogP contribution in [0.1, 0.15) is 22.5 Å². The van der Waals surface area contributed by atoms with Gasteiger partial charge in [0.2, 0.25) is 10.0 Å². The van der Waals surface area contributed by atoms with E-state index < -0.39 is 10.0 Å². The SMILES string of the molecule is C#CCN(Cc1ccc(-c2c(C)cc(OC)cc2C)o1)S(=O)(=O)c1ccc(C)cc1. The van der Waals surface area contributed by atoms with Gasteiger partial charge in [0, 0.05) is 5.56 Å². The molecule has 0 fully saturated rings. The van der Waals surface area contributed by atoms with Crippen LogP contribution in [-0.4, -0.2) is 26.4 Å². The van der Waals surface area contributed by atoms with Crippen LogP contribution >= 0.6 is 0 Å². The molecule has 0 spiro atoms. The monoisotopic (exact) mass is 423 g/mol. The molecule has 0 N–H and O–H groups in total. The summed E-state index contributed by atoms with van der Waals surface area (Å²) in [4.78, 5) is 0.206. The Morgan fingerprint density at radius 2 is 1.67 bits per heavy atom. The summed E-state index contributed by atoms with van der Waals surface area (Å²) in [5.41, 5.74) is 3.98. The van der Waals surface area contributed by atoms with Crippen molar-refractivity contribution in [3.63, 3.8) is 0 Å². The van der Waals surface area contributed by atoms with Crippen LogP contribution in [0.2, 0.25) is 0 Å². The van der Waals surface area contributed by atoms with Crippen LogP contribution in [0.4, 0.5) is 0 Å². The number of rotatable bonds is 7. The number of ether oxygens (including phenoxy) is 1. The fourth-order valence-corrected chi connectivity index (χ4v) is 4.71. The first kappa shape index (κ1) is 21.7. The summed E-state index contributed by atoms with van der Waals surface area (Å²) in [5, 5.41) is 0. The highest BCUT2D eigenvalue weighted by Crippen LogP contribution is 2.32. The number of nitrogens with zero attached hydrogens (tertiary/aromatic N) is 1. The summed E-state index contributed by atoms with van der Waals surface area (Å²) in [6, 6.07) is 14.2. The van der Waals surface area contributed by atoms with E-state index in [4.69, 9.17) is 15.6 Å². The van der Waals surface area contributed by atoms with Crippen molar-refractivity contribution in [3.05, 3.63) is 71.0 Å². The second kappa shape index (κ2) is 8.78. The van der Waals surface area contributed by atoms with E-state index >= 15 is 0 Å². The molecule has 0 aliphatic rings. The van der Waals surface area contributed by atoms with Crippen LogP contribution < -0.4 is 4.74 Å². The van der Waals surface area contributed by atoms with Gasteiger partial charge in [-0.3, -0.25) is 0 Å². The summed E-state index contributed by atoms with van der Waals surface area (Å²) in [5.74, 6) is 4.41. The van der Waals surface area contributed by atoms with Gasteiger partial charge >= 0.3 is 0 Å². The van der Waals surface area contributed by atoms with Gasteiger partial charge in [-0.2, -0.15) is 4.31 Å². The number of furan rings is 1. The molecular weight excluding hydrogens is 398 g/mol. The van der Waals surface area contributed by atoms with Crippen LogP contribution in [0, 0.1) is 33.1 Å². The molecule has 0 radical (unpaired) electrons. The lowest BCUT2D eigenvalue weighted by molar-refractivity contribution is 0.392. The largest absolute Gasteiger partial charge is 0.497 e. The number of aryl methyl sites for hydroxylation is 3. The first-order chi connectivity index (χ1) is 14.3. The zero-order valence-electron chi connectivity index (χ0n) is 17.6. The number of hydrogen-bond acceptors (Lipinski definition) is 4. The molecule has 3 aromatic rings. The summed E-state index contributed by atoms with van der Waals surface area (Å²) >= 11 is 0. The molecule has 156 valence electrons. The summed E-state index contributed by atoms with van der Waals surface area (Å²) in [7, 11) is -2.11. The number of benzene rings is 2. The Balaban J connectivity index is 1.91.